The van der Waals surface area contributed by atoms with Crippen molar-refractivity contribution in [2.45, 2.75) is 30.9 Å². The van der Waals surface area contributed by atoms with E-state index in [2.05, 4.69) is 15.6 Å². The lowest BCUT2D eigenvalue weighted by molar-refractivity contribution is -0.0494. The molecule has 0 aliphatic carbocycles. The smallest absolute Gasteiger partial charge is 0.375 e. The molecular formula is C17H26F4IN5O2S. The molecule has 1 aliphatic heterocycles. The van der Waals surface area contributed by atoms with Crippen LogP contribution in [0, 0.1) is 5.82 Å². The minimum absolute atomic E-state index is 0. The van der Waals surface area contributed by atoms with Gasteiger partial charge in [0.2, 0.25) is 0 Å². The summed E-state index contributed by atoms with van der Waals surface area (Å²) in [5.74, 6) is 0.0507. The fourth-order valence-electron chi connectivity index (χ4n) is 2.98. The molecule has 1 heterocycles. The van der Waals surface area contributed by atoms with Gasteiger partial charge in [-0.2, -0.15) is 17.5 Å². The van der Waals surface area contributed by atoms with Gasteiger partial charge in [-0.25, -0.2) is 12.8 Å². The van der Waals surface area contributed by atoms with E-state index in [4.69, 9.17) is 0 Å². The first-order valence-electron chi connectivity index (χ1n) is 8.95. The van der Waals surface area contributed by atoms with E-state index in [1.54, 1.807) is 31.1 Å². The first kappa shape index (κ1) is 26.7. The molecule has 1 aliphatic rings. The second-order valence-electron chi connectivity index (χ2n) is 6.87. The topological polar surface area (TPSA) is 77.0 Å². The average molecular weight is 567 g/mol. The number of piperidine rings is 1. The molecule has 1 aromatic carbocycles. The zero-order chi connectivity index (χ0) is 21.8. The van der Waals surface area contributed by atoms with Crippen molar-refractivity contribution >= 4 is 45.6 Å². The van der Waals surface area contributed by atoms with Crippen LogP contribution in [0.2, 0.25) is 0 Å². The van der Waals surface area contributed by atoms with Gasteiger partial charge in [0.05, 0.1) is 5.69 Å². The summed E-state index contributed by atoms with van der Waals surface area (Å²) >= 11 is 0. The highest BCUT2D eigenvalue weighted by Crippen LogP contribution is 2.29. The first-order chi connectivity index (χ1) is 13.5. The summed E-state index contributed by atoms with van der Waals surface area (Å²) in [5, 5.41) is 6.09. The summed E-state index contributed by atoms with van der Waals surface area (Å²) in [6, 6.07) is 4.63. The van der Waals surface area contributed by atoms with Gasteiger partial charge in [-0.3, -0.25) is 4.99 Å². The van der Waals surface area contributed by atoms with Gasteiger partial charge in [0, 0.05) is 46.8 Å². The number of hydrogen-bond acceptors (Lipinski definition) is 4. The molecule has 0 unspecified atom stereocenters. The van der Waals surface area contributed by atoms with Gasteiger partial charge < -0.3 is 15.5 Å². The molecule has 0 aromatic heterocycles. The third kappa shape index (κ3) is 6.57. The number of anilines is 1. The molecule has 0 bridgehead atoms. The molecule has 0 spiro atoms. The van der Waals surface area contributed by atoms with Crippen molar-refractivity contribution in [1.29, 1.82) is 0 Å². The van der Waals surface area contributed by atoms with E-state index >= 15 is 0 Å². The van der Waals surface area contributed by atoms with Crippen molar-refractivity contribution in [3.05, 3.63) is 29.6 Å². The maximum absolute atomic E-state index is 14.0. The van der Waals surface area contributed by atoms with E-state index in [0.29, 0.717) is 28.1 Å². The van der Waals surface area contributed by atoms with Gasteiger partial charge in [0.1, 0.15) is 5.82 Å². The fourth-order valence-corrected chi connectivity index (χ4v) is 3.97. The SMILES string of the molecule is CN=C(NCc1ccc(N(C)C)c(F)c1)NC1CCN(S(=O)(=O)C(F)(F)F)CC1.I. The van der Waals surface area contributed by atoms with Crippen LogP contribution in [-0.4, -0.2) is 64.5 Å². The van der Waals surface area contributed by atoms with Gasteiger partial charge in [-0.05, 0) is 30.5 Å². The number of aliphatic imine (C=N–C) groups is 1. The van der Waals surface area contributed by atoms with Gasteiger partial charge in [0.15, 0.2) is 5.96 Å². The molecule has 1 fully saturated rings. The summed E-state index contributed by atoms with van der Waals surface area (Å²) < 4.78 is 75.3. The van der Waals surface area contributed by atoms with E-state index in [-0.39, 0.29) is 61.8 Å². The lowest BCUT2D eigenvalue weighted by Crippen LogP contribution is -2.51. The summed E-state index contributed by atoms with van der Waals surface area (Å²) in [6.07, 6.45) is 0.421. The Bertz CT molecular complexity index is 841. The van der Waals surface area contributed by atoms with Crippen LogP contribution in [0.4, 0.5) is 23.2 Å². The summed E-state index contributed by atoms with van der Waals surface area (Å²) in [6.45, 7) is -0.160. The van der Waals surface area contributed by atoms with Crippen LogP contribution in [0.1, 0.15) is 18.4 Å². The maximum atomic E-state index is 14.0. The van der Waals surface area contributed by atoms with Crippen LogP contribution >= 0.6 is 24.0 Å². The Morgan fingerprint density at radius 2 is 1.87 bits per heavy atom. The van der Waals surface area contributed by atoms with E-state index in [0.717, 1.165) is 0 Å². The molecule has 1 aromatic rings. The van der Waals surface area contributed by atoms with E-state index in [1.165, 1.54) is 13.1 Å². The molecular weight excluding hydrogens is 541 g/mol. The first-order valence-corrected chi connectivity index (χ1v) is 10.4. The summed E-state index contributed by atoms with van der Waals surface area (Å²) in [4.78, 5) is 5.72. The minimum Gasteiger partial charge on any atom is -0.375 e. The van der Waals surface area contributed by atoms with Crippen LogP contribution < -0.4 is 15.5 Å². The Kier molecular flexibility index (Phi) is 9.60. The average Bonchev–Trinajstić information content (AvgIpc) is 2.64. The second kappa shape index (κ2) is 10.8. The van der Waals surface area contributed by atoms with Crippen molar-refractivity contribution in [1.82, 2.24) is 14.9 Å². The van der Waals surface area contributed by atoms with Crippen molar-refractivity contribution in [2.75, 3.05) is 39.1 Å². The predicted molar refractivity (Wildman–Crippen MR) is 119 cm³/mol. The Hall–Kier alpha value is -1.35. The zero-order valence-electron chi connectivity index (χ0n) is 16.8. The Morgan fingerprint density at radius 1 is 1.27 bits per heavy atom. The van der Waals surface area contributed by atoms with E-state index < -0.39 is 15.5 Å². The number of nitrogens with one attached hydrogen (secondary N) is 2. The molecule has 2 N–H and O–H groups in total. The molecule has 0 radical (unpaired) electrons. The number of rotatable bonds is 5. The number of benzene rings is 1. The third-order valence-corrected chi connectivity index (χ3v) is 6.23. The Labute approximate surface area is 191 Å². The number of alkyl halides is 3. The molecule has 172 valence electrons. The molecule has 1 saturated heterocycles. The highest BCUT2D eigenvalue weighted by molar-refractivity contribution is 14.0. The number of hydrogen-bond donors (Lipinski definition) is 2. The Morgan fingerprint density at radius 3 is 2.33 bits per heavy atom. The van der Waals surface area contributed by atoms with Crippen LogP contribution in [0.25, 0.3) is 0 Å². The van der Waals surface area contributed by atoms with E-state index in [9.17, 15) is 26.0 Å². The van der Waals surface area contributed by atoms with Crippen molar-refractivity contribution in [2.24, 2.45) is 4.99 Å². The molecule has 0 amide bonds. The number of nitrogens with zero attached hydrogens (tertiary/aromatic N) is 3. The van der Waals surface area contributed by atoms with Gasteiger partial charge in [-0.15, -0.1) is 24.0 Å². The normalized spacial score (nSPS) is 16.7. The quantitative estimate of drug-likeness (QED) is 0.248. The highest BCUT2D eigenvalue weighted by Gasteiger charge is 2.50. The molecule has 7 nitrogen and oxygen atoms in total. The zero-order valence-corrected chi connectivity index (χ0v) is 20.0. The minimum atomic E-state index is -5.30. The third-order valence-electron chi connectivity index (χ3n) is 4.60. The fraction of sp³-hybridized carbons (Fsp3) is 0.588. The number of guanidine groups is 1. The van der Waals surface area contributed by atoms with E-state index in [1.807, 2.05) is 0 Å². The molecule has 0 atom stereocenters. The number of halogens is 5. The summed E-state index contributed by atoms with van der Waals surface area (Å²) in [5.41, 5.74) is -4.12. The van der Waals surface area contributed by atoms with Crippen LogP contribution in [-0.2, 0) is 16.6 Å². The molecule has 13 heteroatoms. The highest BCUT2D eigenvalue weighted by atomic mass is 127. The van der Waals surface area contributed by atoms with Crippen molar-refractivity contribution in [3.63, 3.8) is 0 Å². The second-order valence-corrected chi connectivity index (χ2v) is 8.80. The standard InChI is InChI=1S/C17H25F4N5O2S.HI/c1-22-16(23-11-12-4-5-15(25(2)3)14(18)10-12)24-13-6-8-26(9-7-13)29(27,28)17(19,20)21;/h4-5,10,13H,6-9,11H2,1-3H3,(H2,22,23,24);1H. The molecule has 0 saturated carbocycles. The van der Waals surface area contributed by atoms with Crippen LogP contribution in [0.15, 0.2) is 23.2 Å². The molecule has 2 rings (SSSR count). The molecule has 30 heavy (non-hydrogen) atoms. The lowest BCUT2D eigenvalue weighted by Gasteiger charge is -2.32. The maximum Gasteiger partial charge on any atom is 0.511 e. The summed E-state index contributed by atoms with van der Waals surface area (Å²) in [7, 11) is -0.273. The van der Waals surface area contributed by atoms with Crippen molar-refractivity contribution < 1.29 is 26.0 Å². The number of sulfonamides is 1. The van der Waals surface area contributed by atoms with Crippen molar-refractivity contribution in [3.8, 4) is 0 Å². The monoisotopic (exact) mass is 567 g/mol. The lowest BCUT2D eigenvalue weighted by atomic mass is 10.1. The van der Waals surface area contributed by atoms with Crippen LogP contribution in [0.5, 0.6) is 0 Å². The van der Waals surface area contributed by atoms with Gasteiger partial charge in [0.25, 0.3) is 0 Å². The van der Waals surface area contributed by atoms with Gasteiger partial charge in [-0.1, -0.05) is 6.07 Å². The Balaban J connectivity index is 0.00000450. The largest absolute Gasteiger partial charge is 0.511 e. The van der Waals surface area contributed by atoms with Crippen LogP contribution in [0.3, 0.4) is 0 Å². The predicted octanol–water partition coefficient (Wildman–Crippen LogP) is 2.49. The van der Waals surface area contributed by atoms with Gasteiger partial charge >= 0.3 is 15.5 Å².